The lowest BCUT2D eigenvalue weighted by Crippen LogP contribution is -2.17. The molecule has 1 heterocycles. The number of hydrogen-bond acceptors (Lipinski definition) is 2. The van der Waals surface area contributed by atoms with Gasteiger partial charge in [0.2, 0.25) is 0 Å². The Morgan fingerprint density at radius 1 is 0.944 bits per heavy atom. The van der Waals surface area contributed by atoms with Crippen molar-refractivity contribution in [2.45, 2.75) is 31.9 Å². The van der Waals surface area contributed by atoms with Gasteiger partial charge in [0.05, 0.1) is 5.56 Å². The van der Waals surface area contributed by atoms with Crippen molar-refractivity contribution >= 4 is 16.9 Å². The van der Waals surface area contributed by atoms with Gasteiger partial charge in [0.25, 0.3) is 0 Å². The van der Waals surface area contributed by atoms with E-state index in [0.717, 1.165) is 12.1 Å². The van der Waals surface area contributed by atoms with Crippen LogP contribution in [0.5, 0.6) is 5.75 Å². The van der Waals surface area contributed by atoms with Crippen LogP contribution in [-0.2, 0) is 17.5 Å². The van der Waals surface area contributed by atoms with Crippen LogP contribution in [0, 0.1) is 0 Å². The van der Waals surface area contributed by atoms with E-state index in [4.69, 9.17) is 0 Å². The van der Waals surface area contributed by atoms with Crippen LogP contribution in [0.3, 0.4) is 0 Å². The molecule has 0 aliphatic carbocycles. The highest BCUT2D eigenvalue weighted by Gasteiger charge is 2.31. The van der Waals surface area contributed by atoms with Gasteiger partial charge < -0.3 is 14.4 Å². The van der Waals surface area contributed by atoms with Crippen molar-refractivity contribution in [2.75, 3.05) is 0 Å². The predicted octanol–water partition coefficient (Wildman–Crippen LogP) is 7.46. The summed E-state index contributed by atoms with van der Waals surface area (Å²) in [6.45, 7) is 1.44. The van der Waals surface area contributed by atoms with E-state index in [9.17, 15) is 36.2 Å². The number of hydrogen-bond donors (Lipinski definition) is 1. The molecule has 36 heavy (non-hydrogen) atoms. The molecule has 4 rings (SSSR count). The molecular weight excluding hydrogens is 488 g/mol. The van der Waals surface area contributed by atoms with Crippen LogP contribution in [0.4, 0.5) is 26.3 Å². The zero-order valence-corrected chi connectivity index (χ0v) is 18.7. The molecule has 0 aliphatic rings. The predicted molar refractivity (Wildman–Crippen MR) is 121 cm³/mol. The van der Waals surface area contributed by atoms with Crippen molar-refractivity contribution in [1.82, 2.24) is 4.57 Å². The lowest BCUT2D eigenvalue weighted by Gasteiger charge is -2.14. The Labute approximate surface area is 201 Å². The Hall–Kier alpha value is -3.95. The summed E-state index contributed by atoms with van der Waals surface area (Å²) in [6, 6.07) is 15.2. The van der Waals surface area contributed by atoms with Crippen LogP contribution in [-0.4, -0.2) is 22.0 Å². The first-order valence-electron chi connectivity index (χ1n) is 10.7. The second-order valence-electron chi connectivity index (χ2n) is 8.26. The first kappa shape index (κ1) is 25.2. The molecule has 3 aromatic carbocycles. The average molecular weight is 507 g/mol. The Kier molecular flexibility index (Phi) is 6.46. The minimum Gasteiger partial charge on any atom is -0.480 e. The Bertz CT molecular complexity index is 1400. The molecule has 1 N–H and O–H groups in total. The summed E-state index contributed by atoms with van der Waals surface area (Å²) < 4.78 is 82.4. The molecule has 0 radical (unpaired) electrons. The number of fused-ring (bicyclic) bond motifs is 1. The van der Waals surface area contributed by atoms with E-state index in [1.54, 1.807) is 37.4 Å². The van der Waals surface area contributed by atoms with E-state index in [0.29, 0.717) is 33.2 Å². The topological polar surface area (TPSA) is 51.5 Å². The number of alkyl halides is 6. The highest BCUT2D eigenvalue weighted by molar-refractivity contribution is 5.90. The molecule has 10 heteroatoms. The molecule has 0 aliphatic heterocycles. The largest absolute Gasteiger partial charge is 0.573 e. The highest BCUT2D eigenvalue weighted by Crippen LogP contribution is 2.37. The average Bonchev–Trinajstić information content (AvgIpc) is 3.14. The number of ether oxygens (including phenoxy) is 1. The van der Waals surface area contributed by atoms with Gasteiger partial charge in [0, 0.05) is 23.0 Å². The molecule has 0 saturated carbocycles. The van der Waals surface area contributed by atoms with E-state index in [1.807, 2.05) is 0 Å². The van der Waals surface area contributed by atoms with E-state index < -0.39 is 30.0 Å². The van der Waals surface area contributed by atoms with E-state index in [2.05, 4.69) is 4.74 Å². The van der Waals surface area contributed by atoms with Crippen LogP contribution in [0.15, 0.2) is 72.9 Å². The van der Waals surface area contributed by atoms with Gasteiger partial charge in [-0.1, -0.05) is 37.3 Å². The third-order valence-electron chi connectivity index (χ3n) is 5.82. The number of rotatable bonds is 6. The van der Waals surface area contributed by atoms with E-state index >= 15 is 0 Å². The maximum absolute atomic E-state index is 13.0. The van der Waals surface area contributed by atoms with Gasteiger partial charge in [-0.2, -0.15) is 13.2 Å². The lowest BCUT2D eigenvalue weighted by atomic mass is 9.91. The molecule has 0 fully saturated rings. The number of carboxylic acids is 1. The van der Waals surface area contributed by atoms with Gasteiger partial charge in [-0.05, 0) is 58.7 Å². The minimum atomic E-state index is -4.85. The van der Waals surface area contributed by atoms with Crippen LogP contribution < -0.4 is 4.74 Å². The molecule has 4 aromatic rings. The summed E-state index contributed by atoms with van der Waals surface area (Å²) in [6.07, 6.45) is -7.69. The summed E-state index contributed by atoms with van der Waals surface area (Å²) in [5.41, 5.74) is 2.04. The van der Waals surface area contributed by atoms with Crippen molar-refractivity contribution in [3.63, 3.8) is 0 Å². The Balaban J connectivity index is 1.79. The van der Waals surface area contributed by atoms with E-state index in [-0.39, 0.29) is 12.3 Å². The van der Waals surface area contributed by atoms with Gasteiger partial charge in [0.1, 0.15) is 12.3 Å². The molecular formula is C26H19F6NO3. The fourth-order valence-corrected chi connectivity index (χ4v) is 4.14. The minimum absolute atomic E-state index is 0.343. The first-order valence-corrected chi connectivity index (χ1v) is 10.7. The van der Waals surface area contributed by atoms with Gasteiger partial charge in [-0.3, -0.25) is 4.79 Å². The fraction of sp³-hybridized carbons (Fsp3) is 0.192. The third kappa shape index (κ3) is 5.48. The van der Waals surface area contributed by atoms with Gasteiger partial charge in [0.15, 0.2) is 0 Å². The smallest absolute Gasteiger partial charge is 0.480 e. The van der Waals surface area contributed by atoms with Crippen molar-refractivity contribution < 1.29 is 41.0 Å². The molecule has 1 aromatic heterocycles. The summed E-state index contributed by atoms with van der Waals surface area (Å²) in [5.74, 6) is -1.87. The van der Waals surface area contributed by atoms with E-state index in [1.165, 1.54) is 34.9 Å². The van der Waals surface area contributed by atoms with Gasteiger partial charge >= 0.3 is 18.5 Å². The van der Waals surface area contributed by atoms with Crippen molar-refractivity contribution in [2.24, 2.45) is 0 Å². The summed E-state index contributed by atoms with van der Waals surface area (Å²) in [4.78, 5) is 11.4. The molecule has 4 nitrogen and oxygen atoms in total. The summed E-state index contributed by atoms with van der Waals surface area (Å²) in [7, 11) is 0. The normalized spacial score (nSPS) is 13.1. The molecule has 0 bridgehead atoms. The number of benzene rings is 3. The van der Waals surface area contributed by atoms with Gasteiger partial charge in [-0.15, -0.1) is 13.2 Å². The number of aromatic nitrogens is 1. The molecule has 0 saturated heterocycles. The first-order chi connectivity index (χ1) is 16.8. The standard InChI is InChI=1S/C26H19F6NO3/c1-15(16-5-8-19(9-6-16)25(27,28)29)22-13-33(14-24(34)35)23-10-7-18(12-21(22)23)17-3-2-4-20(11-17)36-26(30,31)32/h2-13,15H,14H2,1H3,(H,34,35). The monoisotopic (exact) mass is 507 g/mol. The molecule has 1 atom stereocenters. The number of aliphatic carboxylic acids is 1. The molecule has 0 spiro atoms. The number of halogens is 6. The maximum atomic E-state index is 13.0. The number of carboxylic acid groups (broad SMARTS) is 1. The zero-order valence-electron chi connectivity index (χ0n) is 18.7. The molecule has 188 valence electrons. The summed E-state index contributed by atoms with van der Waals surface area (Å²) in [5, 5.41) is 9.95. The Morgan fingerprint density at radius 3 is 2.22 bits per heavy atom. The highest BCUT2D eigenvalue weighted by atomic mass is 19.4. The zero-order chi connectivity index (χ0) is 26.3. The number of nitrogens with zero attached hydrogens (tertiary/aromatic N) is 1. The van der Waals surface area contributed by atoms with Crippen LogP contribution >= 0.6 is 0 Å². The lowest BCUT2D eigenvalue weighted by molar-refractivity contribution is -0.274. The summed E-state index contributed by atoms with van der Waals surface area (Å²) >= 11 is 0. The third-order valence-corrected chi connectivity index (χ3v) is 5.82. The van der Waals surface area contributed by atoms with Crippen molar-refractivity contribution in [3.8, 4) is 16.9 Å². The van der Waals surface area contributed by atoms with Gasteiger partial charge in [-0.25, -0.2) is 0 Å². The molecule has 1 unspecified atom stereocenters. The second-order valence-corrected chi connectivity index (χ2v) is 8.26. The molecule has 0 amide bonds. The van der Waals surface area contributed by atoms with Crippen LogP contribution in [0.2, 0.25) is 0 Å². The quantitative estimate of drug-likeness (QED) is 0.276. The maximum Gasteiger partial charge on any atom is 0.573 e. The Morgan fingerprint density at radius 2 is 1.61 bits per heavy atom. The fourth-order valence-electron chi connectivity index (χ4n) is 4.14. The van der Waals surface area contributed by atoms with Crippen molar-refractivity contribution in [1.29, 1.82) is 0 Å². The second kappa shape index (κ2) is 9.25. The van der Waals surface area contributed by atoms with Crippen LogP contribution in [0.1, 0.15) is 29.5 Å². The van der Waals surface area contributed by atoms with Crippen molar-refractivity contribution in [3.05, 3.63) is 89.6 Å². The van der Waals surface area contributed by atoms with Crippen LogP contribution in [0.25, 0.3) is 22.0 Å². The number of carbonyl (C=O) groups is 1. The SMILES string of the molecule is CC(c1ccc(C(F)(F)F)cc1)c1cn(CC(=O)O)c2ccc(-c3cccc(OC(F)(F)F)c3)cc12.